The van der Waals surface area contributed by atoms with E-state index in [-0.39, 0.29) is 11.4 Å². The van der Waals surface area contributed by atoms with Crippen molar-refractivity contribution in [3.63, 3.8) is 0 Å². The Hall–Kier alpha value is -3.10. The SMILES string of the molecule is O=C(Nc1cccc([N+](=O)[O-])c1)Nc1c(F)cc(F)cc1F. The van der Waals surface area contributed by atoms with Crippen LogP contribution < -0.4 is 10.6 Å². The van der Waals surface area contributed by atoms with Gasteiger partial charge in [-0.3, -0.25) is 10.1 Å². The number of nitro groups is 1. The molecule has 9 heteroatoms. The molecule has 0 bridgehead atoms. The Morgan fingerprint density at radius 1 is 1.05 bits per heavy atom. The molecule has 2 N–H and O–H groups in total. The number of rotatable bonds is 3. The molecule has 114 valence electrons. The molecule has 2 aromatic rings. The van der Waals surface area contributed by atoms with Crippen LogP contribution in [0, 0.1) is 27.6 Å². The van der Waals surface area contributed by atoms with E-state index in [9.17, 15) is 28.1 Å². The van der Waals surface area contributed by atoms with Gasteiger partial charge < -0.3 is 10.6 Å². The van der Waals surface area contributed by atoms with E-state index in [0.717, 1.165) is 6.07 Å². The lowest BCUT2D eigenvalue weighted by molar-refractivity contribution is -0.384. The van der Waals surface area contributed by atoms with E-state index in [1.54, 1.807) is 0 Å². The van der Waals surface area contributed by atoms with Crippen LogP contribution in [0.2, 0.25) is 0 Å². The second-order valence-electron chi connectivity index (χ2n) is 4.13. The molecule has 0 heterocycles. The van der Waals surface area contributed by atoms with Gasteiger partial charge in [-0.15, -0.1) is 0 Å². The summed E-state index contributed by atoms with van der Waals surface area (Å²) >= 11 is 0. The van der Waals surface area contributed by atoms with Crippen molar-refractivity contribution in [1.82, 2.24) is 0 Å². The van der Waals surface area contributed by atoms with Gasteiger partial charge in [0.25, 0.3) is 5.69 Å². The molecule has 0 aromatic heterocycles. The van der Waals surface area contributed by atoms with Gasteiger partial charge >= 0.3 is 6.03 Å². The van der Waals surface area contributed by atoms with Crippen LogP contribution >= 0.6 is 0 Å². The topological polar surface area (TPSA) is 84.3 Å². The van der Waals surface area contributed by atoms with E-state index in [0.29, 0.717) is 12.1 Å². The Balaban J connectivity index is 2.14. The van der Waals surface area contributed by atoms with Crippen molar-refractivity contribution >= 4 is 23.1 Å². The summed E-state index contributed by atoms with van der Waals surface area (Å²) in [4.78, 5) is 21.6. The highest BCUT2D eigenvalue weighted by Crippen LogP contribution is 2.21. The molecular weight excluding hydrogens is 303 g/mol. The lowest BCUT2D eigenvalue weighted by atomic mass is 10.2. The maximum Gasteiger partial charge on any atom is 0.323 e. The summed E-state index contributed by atoms with van der Waals surface area (Å²) in [6.45, 7) is 0. The molecule has 0 fully saturated rings. The Morgan fingerprint density at radius 3 is 2.27 bits per heavy atom. The van der Waals surface area contributed by atoms with Gasteiger partial charge in [-0.2, -0.15) is 0 Å². The zero-order valence-electron chi connectivity index (χ0n) is 10.8. The lowest BCUT2D eigenvalue weighted by Crippen LogP contribution is -2.21. The van der Waals surface area contributed by atoms with E-state index in [1.807, 2.05) is 5.32 Å². The fourth-order valence-electron chi connectivity index (χ4n) is 1.63. The third-order valence-electron chi connectivity index (χ3n) is 2.56. The van der Waals surface area contributed by atoms with Crippen LogP contribution in [0.5, 0.6) is 0 Å². The molecule has 0 saturated carbocycles. The Labute approximate surface area is 121 Å². The van der Waals surface area contributed by atoms with Crippen LogP contribution in [0.4, 0.5) is 35.0 Å². The molecule has 0 aliphatic heterocycles. The molecular formula is C13H8F3N3O3. The summed E-state index contributed by atoms with van der Waals surface area (Å²) in [6.07, 6.45) is 0. The van der Waals surface area contributed by atoms with Crippen LogP contribution in [0.3, 0.4) is 0 Å². The van der Waals surface area contributed by atoms with Crippen LogP contribution in [-0.2, 0) is 0 Å². The number of non-ortho nitro benzene ring substituents is 1. The van der Waals surface area contributed by atoms with Crippen molar-refractivity contribution in [3.8, 4) is 0 Å². The minimum Gasteiger partial charge on any atom is -0.307 e. The number of urea groups is 1. The van der Waals surface area contributed by atoms with Crippen LogP contribution in [0.25, 0.3) is 0 Å². The summed E-state index contributed by atoms with van der Waals surface area (Å²) in [5.74, 6) is -3.70. The van der Waals surface area contributed by atoms with E-state index >= 15 is 0 Å². The fourth-order valence-corrected chi connectivity index (χ4v) is 1.63. The average molecular weight is 311 g/mol. The Bertz CT molecular complexity index is 729. The van der Waals surface area contributed by atoms with E-state index in [2.05, 4.69) is 5.32 Å². The first-order valence-corrected chi connectivity index (χ1v) is 5.84. The van der Waals surface area contributed by atoms with Crippen molar-refractivity contribution in [3.05, 3.63) is 64.0 Å². The summed E-state index contributed by atoms with van der Waals surface area (Å²) in [5.41, 5.74) is -1.05. The van der Waals surface area contributed by atoms with Crippen molar-refractivity contribution in [2.45, 2.75) is 0 Å². The van der Waals surface area contributed by atoms with Crippen molar-refractivity contribution in [1.29, 1.82) is 0 Å². The molecule has 6 nitrogen and oxygen atoms in total. The third kappa shape index (κ3) is 3.51. The van der Waals surface area contributed by atoms with E-state index in [1.165, 1.54) is 18.2 Å². The number of nitrogens with zero attached hydrogens (tertiary/aromatic N) is 1. The first-order chi connectivity index (χ1) is 10.4. The first-order valence-electron chi connectivity index (χ1n) is 5.84. The van der Waals surface area contributed by atoms with E-state index in [4.69, 9.17) is 0 Å². The van der Waals surface area contributed by atoms with Crippen molar-refractivity contribution in [2.24, 2.45) is 0 Å². The number of carbonyl (C=O) groups excluding carboxylic acids is 1. The van der Waals surface area contributed by atoms with Crippen LogP contribution in [0.15, 0.2) is 36.4 Å². The zero-order chi connectivity index (χ0) is 16.3. The zero-order valence-corrected chi connectivity index (χ0v) is 10.8. The van der Waals surface area contributed by atoms with Gasteiger partial charge in [-0.05, 0) is 6.07 Å². The fraction of sp³-hybridized carbons (Fsp3) is 0. The Kier molecular flexibility index (Phi) is 4.25. The molecule has 2 amide bonds. The normalized spacial score (nSPS) is 10.1. The highest BCUT2D eigenvalue weighted by molar-refractivity contribution is 6.00. The third-order valence-corrected chi connectivity index (χ3v) is 2.56. The molecule has 2 aromatic carbocycles. The number of nitrogens with one attached hydrogen (secondary N) is 2. The van der Waals surface area contributed by atoms with Gasteiger partial charge in [0, 0.05) is 30.0 Å². The summed E-state index contributed by atoms with van der Waals surface area (Å²) in [5, 5.41) is 14.6. The van der Waals surface area contributed by atoms with Crippen molar-refractivity contribution in [2.75, 3.05) is 10.6 Å². The molecule has 0 radical (unpaired) electrons. The minimum atomic E-state index is -1.29. The van der Waals surface area contributed by atoms with Crippen LogP contribution in [-0.4, -0.2) is 11.0 Å². The largest absolute Gasteiger partial charge is 0.323 e. The summed E-state index contributed by atoms with van der Waals surface area (Å²) < 4.78 is 39.5. The summed E-state index contributed by atoms with van der Waals surface area (Å²) in [6, 6.07) is 4.73. The number of hydrogen-bond donors (Lipinski definition) is 2. The van der Waals surface area contributed by atoms with Crippen molar-refractivity contribution < 1.29 is 22.9 Å². The standard InChI is InChI=1S/C13H8F3N3O3/c14-7-4-10(15)12(11(16)5-7)18-13(20)17-8-2-1-3-9(6-8)19(21)22/h1-6H,(H2,17,18,20). The maximum atomic E-state index is 13.4. The van der Waals surface area contributed by atoms with Gasteiger partial charge in [0.05, 0.1) is 4.92 Å². The predicted octanol–water partition coefficient (Wildman–Crippen LogP) is 3.66. The molecule has 22 heavy (non-hydrogen) atoms. The number of anilines is 2. The maximum absolute atomic E-state index is 13.4. The van der Waals surface area contributed by atoms with E-state index < -0.39 is 34.1 Å². The monoisotopic (exact) mass is 311 g/mol. The molecule has 0 spiro atoms. The predicted molar refractivity (Wildman–Crippen MR) is 72.1 cm³/mol. The Morgan fingerprint density at radius 2 is 1.68 bits per heavy atom. The molecule has 0 saturated heterocycles. The smallest absolute Gasteiger partial charge is 0.307 e. The second-order valence-corrected chi connectivity index (χ2v) is 4.13. The molecule has 0 aliphatic carbocycles. The van der Waals surface area contributed by atoms with Gasteiger partial charge in [0.2, 0.25) is 0 Å². The number of hydrogen-bond acceptors (Lipinski definition) is 3. The highest BCUT2D eigenvalue weighted by atomic mass is 19.1. The quantitative estimate of drug-likeness (QED) is 0.670. The minimum absolute atomic E-state index is 0.0506. The average Bonchev–Trinajstić information content (AvgIpc) is 2.43. The number of amides is 2. The number of carbonyl (C=O) groups is 1. The number of nitro benzene ring substituents is 1. The second kappa shape index (κ2) is 6.12. The highest BCUT2D eigenvalue weighted by Gasteiger charge is 2.15. The molecule has 0 unspecified atom stereocenters. The van der Waals surface area contributed by atoms with Gasteiger partial charge in [0.15, 0.2) is 11.6 Å². The van der Waals surface area contributed by atoms with Gasteiger partial charge in [-0.25, -0.2) is 18.0 Å². The van der Waals surface area contributed by atoms with Gasteiger partial charge in [0.1, 0.15) is 11.5 Å². The number of halogens is 3. The van der Waals surface area contributed by atoms with Crippen LogP contribution in [0.1, 0.15) is 0 Å². The lowest BCUT2D eigenvalue weighted by Gasteiger charge is -2.09. The molecule has 2 rings (SSSR count). The number of benzene rings is 2. The molecule has 0 aliphatic rings. The summed E-state index contributed by atoms with van der Waals surface area (Å²) in [7, 11) is 0. The van der Waals surface area contributed by atoms with Gasteiger partial charge in [-0.1, -0.05) is 6.07 Å². The molecule has 0 atom stereocenters. The first kappa shape index (κ1) is 15.3.